The molecule has 5 rings (SSSR count). The SMILES string of the molecule is CS(=O)(=O)Nc1ccc2c(c1)S(=O)(=O)N=C(C1=C(O)C3CCCCC3N(C3CCCCC3)C1=O)N2. The maximum Gasteiger partial charge on any atom is 0.286 e. The molecule has 35 heavy (non-hydrogen) atoms. The van der Waals surface area contributed by atoms with Crippen molar-refractivity contribution in [1.82, 2.24) is 4.90 Å². The number of nitrogens with one attached hydrogen (secondary N) is 2. The third-order valence-corrected chi connectivity index (χ3v) is 9.30. The third-order valence-electron chi connectivity index (χ3n) is 7.37. The van der Waals surface area contributed by atoms with Crippen LogP contribution in [0.25, 0.3) is 0 Å². The number of rotatable bonds is 4. The molecule has 2 fully saturated rings. The first-order valence-electron chi connectivity index (χ1n) is 12.1. The molecule has 1 aromatic carbocycles. The van der Waals surface area contributed by atoms with Gasteiger partial charge in [-0.1, -0.05) is 32.1 Å². The minimum absolute atomic E-state index is 0.0719. The molecule has 2 heterocycles. The largest absolute Gasteiger partial charge is 0.511 e. The van der Waals surface area contributed by atoms with Crippen LogP contribution in [0.15, 0.2) is 38.8 Å². The van der Waals surface area contributed by atoms with Crippen molar-refractivity contribution >= 4 is 43.2 Å². The second-order valence-corrected chi connectivity index (χ2v) is 13.2. The van der Waals surface area contributed by atoms with E-state index < -0.39 is 20.0 Å². The summed E-state index contributed by atoms with van der Waals surface area (Å²) in [4.78, 5) is 15.5. The van der Waals surface area contributed by atoms with Crippen LogP contribution in [-0.4, -0.2) is 56.9 Å². The maximum atomic E-state index is 13.8. The van der Waals surface area contributed by atoms with E-state index in [0.29, 0.717) is 0 Å². The van der Waals surface area contributed by atoms with Gasteiger partial charge in [0, 0.05) is 23.7 Å². The van der Waals surface area contributed by atoms with Gasteiger partial charge in [-0.25, -0.2) is 8.42 Å². The summed E-state index contributed by atoms with van der Waals surface area (Å²) in [6, 6.07) is 4.01. The number of aliphatic hydroxyl groups is 1. The number of amidine groups is 1. The molecule has 1 amide bonds. The van der Waals surface area contributed by atoms with Gasteiger partial charge in [-0.15, -0.1) is 4.40 Å². The van der Waals surface area contributed by atoms with Crippen molar-refractivity contribution in [3.63, 3.8) is 0 Å². The topological polar surface area (TPSA) is 145 Å². The van der Waals surface area contributed by atoms with Crippen molar-refractivity contribution < 1.29 is 26.7 Å². The van der Waals surface area contributed by atoms with E-state index in [0.717, 1.165) is 64.0 Å². The fourth-order valence-corrected chi connectivity index (χ4v) is 7.60. The first-order valence-corrected chi connectivity index (χ1v) is 15.4. The number of carbonyl (C=O) groups is 1. The quantitative estimate of drug-likeness (QED) is 0.551. The normalized spacial score (nSPS) is 26.9. The molecule has 1 aromatic rings. The van der Waals surface area contributed by atoms with Gasteiger partial charge in [0.25, 0.3) is 15.9 Å². The predicted octanol–water partition coefficient (Wildman–Crippen LogP) is 3.12. The average Bonchev–Trinajstić information content (AvgIpc) is 2.79. The van der Waals surface area contributed by atoms with Crippen LogP contribution in [0.3, 0.4) is 0 Å². The summed E-state index contributed by atoms with van der Waals surface area (Å²) < 4.78 is 55.4. The zero-order chi connectivity index (χ0) is 25.0. The molecule has 0 saturated heterocycles. The number of hydrogen-bond donors (Lipinski definition) is 3. The van der Waals surface area contributed by atoms with E-state index >= 15 is 0 Å². The molecule has 3 N–H and O–H groups in total. The summed E-state index contributed by atoms with van der Waals surface area (Å²) in [6.45, 7) is 0. The van der Waals surface area contributed by atoms with Crippen LogP contribution in [0.4, 0.5) is 11.4 Å². The van der Waals surface area contributed by atoms with Gasteiger partial charge in [-0.05, 0) is 43.9 Å². The average molecular weight is 523 g/mol. The molecule has 4 aliphatic rings. The fraction of sp³-hybridized carbons (Fsp3) is 0.565. The number of nitrogens with zero attached hydrogens (tertiary/aromatic N) is 2. The van der Waals surface area contributed by atoms with Crippen LogP contribution in [0, 0.1) is 5.92 Å². The Morgan fingerprint density at radius 1 is 1.09 bits per heavy atom. The van der Waals surface area contributed by atoms with Gasteiger partial charge in [-0.3, -0.25) is 9.52 Å². The minimum Gasteiger partial charge on any atom is -0.511 e. The molecule has 0 bridgehead atoms. The van der Waals surface area contributed by atoms with Crippen molar-refractivity contribution in [2.75, 3.05) is 16.3 Å². The smallest absolute Gasteiger partial charge is 0.286 e. The summed E-state index contributed by atoms with van der Waals surface area (Å²) in [7, 11) is -7.87. The van der Waals surface area contributed by atoms with Crippen molar-refractivity contribution in [1.29, 1.82) is 0 Å². The third kappa shape index (κ3) is 4.53. The number of benzene rings is 1. The van der Waals surface area contributed by atoms with Gasteiger partial charge >= 0.3 is 0 Å². The molecule has 10 nitrogen and oxygen atoms in total. The van der Waals surface area contributed by atoms with Gasteiger partial charge in [0.2, 0.25) is 10.0 Å². The highest BCUT2D eigenvalue weighted by Gasteiger charge is 2.47. The van der Waals surface area contributed by atoms with Crippen LogP contribution in [0.5, 0.6) is 0 Å². The lowest BCUT2D eigenvalue weighted by molar-refractivity contribution is -0.137. The zero-order valence-corrected chi connectivity index (χ0v) is 21.2. The van der Waals surface area contributed by atoms with E-state index in [4.69, 9.17) is 0 Å². The molecule has 2 atom stereocenters. The zero-order valence-electron chi connectivity index (χ0n) is 19.5. The first-order chi connectivity index (χ1) is 16.5. The molecule has 2 aliphatic carbocycles. The van der Waals surface area contributed by atoms with E-state index in [9.17, 15) is 26.7 Å². The highest BCUT2D eigenvalue weighted by atomic mass is 32.2. The van der Waals surface area contributed by atoms with Crippen LogP contribution in [0.1, 0.15) is 57.8 Å². The monoisotopic (exact) mass is 522 g/mol. The van der Waals surface area contributed by atoms with Gasteiger partial charge in [0.1, 0.15) is 16.2 Å². The first kappa shape index (κ1) is 24.1. The van der Waals surface area contributed by atoms with Crippen molar-refractivity contribution in [3.05, 3.63) is 29.5 Å². The standard InChI is InChI=1S/C23H30N4O6S2/c1-34(30,31)25-14-11-12-17-19(13-14)35(32,33)26-22(24-17)20-21(28)16-9-5-6-10-18(16)27(23(20)29)15-7-3-2-4-8-15/h11-13,15-16,18,25,28H,2-10H2,1H3,(H,24,26). The summed E-state index contributed by atoms with van der Waals surface area (Å²) in [6.07, 6.45) is 9.47. The van der Waals surface area contributed by atoms with E-state index in [2.05, 4.69) is 14.4 Å². The Balaban J connectivity index is 1.55. The molecule has 0 spiro atoms. The second-order valence-electron chi connectivity index (χ2n) is 9.85. The van der Waals surface area contributed by atoms with Crippen molar-refractivity contribution in [2.24, 2.45) is 10.3 Å². The minimum atomic E-state index is -4.26. The lowest BCUT2D eigenvalue weighted by Gasteiger charge is -2.48. The number of aliphatic hydroxyl groups excluding tert-OH is 1. The van der Waals surface area contributed by atoms with Gasteiger partial charge < -0.3 is 15.3 Å². The second kappa shape index (κ2) is 8.81. The Bertz CT molecular complexity index is 1330. The Morgan fingerprint density at radius 3 is 2.49 bits per heavy atom. The molecule has 0 aromatic heterocycles. The summed E-state index contributed by atoms with van der Waals surface area (Å²) >= 11 is 0. The molecular formula is C23H30N4O6S2. The van der Waals surface area contributed by atoms with Gasteiger partial charge in [0.05, 0.1) is 11.9 Å². The lowest BCUT2D eigenvalue weighted by Crippen LogP contribution is -2.57. The Hall–Kier alpha value is -2.60. The number of amides is 1. The molecule has 0 radical (unpaired) electrons. The Kier molecular flexibility index (Phi) is 6.07. The molecule has 2 aliphatic heterocycles. The summed E-state index contributed by atoms with van der Waals surface area (Å²) in [5, 5.41) is 14.2. The Labute approximate surface area is 205 Å². The van der Waals surface area contributed by atoms with E-state index in [1.165, 1.54) is 18.2 Å². The number of sulfonamides is 2. The van der Waals surface area contributed by atoms with E-state index in [1.54, 1.807) is 0 Å². The number of hydrogen-bond acceptors (Lipinski definition) is 7. The van der Waals surface area contributed by atoms with Gasteiger partial charge in [-0.2, -0.15) is 8.42 Å². The molecule has 190 valence electrons. The number of anilines is 2. The van der Waals surface area contributed by atoms with Crippen LogP contribution in [0.2, 0.25) is 0 Å². The van der Waals surface area contributed by atoms with Crippen LogP contribution >= 0.6 is 0 Å². The molecule has 2 saturated carbocycles. The van der Waals surface area contributed by atoms with Crippen LogP contribution in [-0.2, 0) is 24.8 Å². The fourth-order valence-electron chi connectivity index (χ4n) is 5.90. The summed E-state index contributed by atoms with van der Waals surface area (Å²) in [5.41, 5.74) is 0.169. The van der Waals surface area contributed by atoms with Crippen LogP contribution < -0.4 is 10.0 Å². The van der Waals surface area contributed by atoms with Gasteiger partial charge in [0.15, 0.2) is 5.84 Å². The lowest BCUT2D eigenvalue weighted by atomic mass is 9.76. The van der Waals surface area contributed by atoms with Crippen molar-refractivity contribution in [2.45, 2.75) is 74.8 Å². The highest BCUT2D eigenvalue weighted by Crippen LogP contribution is 2.42. The Morgan fingerprint density at radius 2 is 1.77 bits per heavy atom. The number of carbonyl (C=O) groups excluding carboxylic acids is 1. The highest BCUT2D eigenvalue weighted by molar-refractivity contribution is 7.92. The summed E-state index contributed by atoms with van der Waals surface area (Å²) in [5.74, 6) is -0.896. The molecule has 2 unspecified atom stereocenters. The molecule has 12 heteroatoms. The maximum absolute atomic E-state index is 13.8. The van der Waals surface area contributed by atoms with E-state index in [-0.39, 0.29) is 57.3 Å². The predicted molar refractivity (Wildman–Crippen MR) is 132 cm³/mol. The molecular weight excluding hydrogens is 492 g/mol. The van der Waals surface area contributed by atoms with E-state index in [1.807, 2.05) is 4.90 Å². The van der Waals surface area contributed by atoms with Crippen molar-refractivity contribution in [3.8, 4) is 0 Å². The number of fused-ring (bicyclic) bond motifs is 2.